The average molecular weight is 403 g/mol. The van der Waals surface area contributed by atoms with Crippen LogP contribution >= 0.6 is 15.9 Å². The number of carbonyl (C=O) groups is 1. The summed E-state index contributed by atoms with van der Waals surface area (Å²) in [6, 6.07) is 12.0. The van der Waals surface area contributed by atoms with E-state index in [1.165, 1.54) is 12.1 Å². The number of aromatic nitrogens is 3. The molecule has 0 spiro atoms. The number of nitrogens with one attached hydrogen (secondary N) is 2. The van der Waals surface area contributed by atoms with Crippen LogP contribution in [0.5, 0.6) is 11.5 Å². The summed E-state index contributed by atoms with van der Waals surface area (Å²) in [5, 5.41) is 19.4. The largest absolute Gasteiger partial charge is 0.507 e. The van der Waals surface area contributed by atoms with E-state index in [9.17, 15) is 9.90 Å². The quantitative estimate of drug-likeness (QED) is 0.609. The number of ether oxygens (including phenoxy) is 1. The van der Waals surface area contributed by atoms with Crippen LogP contribution in [0.1, 0.15) is 16.2 Å². The number of carbonyl (C=O) groups excluding carboxylic acids is 1. The fourth-order valence-corrected chi connectivity index (χ4v) is 2.55. The zero-order chi connectivity index (χ0) is 17.8. The average Bonchev–Trinajstić information content (AvgIpc) is 3.09. The van der Waals surface area contributed by atoms with E-state index in [0.717, 1.165) is 11.3 Å². The molecule has 0 bridgehead atoms. The van der Waals surface area contributed by atoms with Crippen molar-refractivity contribution in [3.05, 3.63) is 58.3 Å². The standard InChI is InChI=1S/C17H15BrN4O3/c1-25-12-5-2-10(3-6-12)16-20-15(21-22-16)9-19-17(24)13-7-4-11(18)8-14(13)23/h2-8,23H,9H2,1H3,(H,19,24)(H,20,21,22). The number of rotatable bonds is 5. The summed E-state index contributed by atoms with van der Waals surface area (Å²) in [5.41, 5.74) is 1.03. The normalized spacial score (nSPS) is 10.5. The number of H-pyrrole nitrogens is 1. The molecule has 0 aliphatic heterocycles. The number of aromatic amines is 1. The molecule has 0 fully saturated rings. The van der Waals surface area contributed by atoms with Crippen molar-refractivity contribution in [1.29, 1.82) is 0 Å². The van der Waals surface area contributed by atoms with Crippen LogP contribution in [-0.4, -0.2) is 33.3 Å². The highest BCUT2D eigenvalue weighted by Crippen LogP contribution is 2.22. The van der Waals surface area contributed by atoms with Crippen LogP contribution in [0, 0.1) is 0 Å². The SMILES string of the molecule is COc1ccc(-c2n[nH]c(CNC(=O)c3ccc(Br)cc3O)n2)cc1. The van der Waals surface area contributed by atoms with Crippen molar-refractivity contribution in [2.24, 2.45) is 0 Å². The van der Waals surface area contributed by atoms with Gasteiger partial charge in [-0.1, -0.05) is 15.9 Å². The molecule has 0 atom stereocenters. The molecule has 0 unspecified atom stereocenters. The summed E-state index contributed by atoms with van der Waals surface area (Å²) >= 11 is 3.23. The fraction of sp³-hybridized carbons (Fsp3) is 0.118. The first kappa shape index (κ1) is 17.0. The molecule has 1 amide bonds. The maximum Gasteiger partial charge on any atom is 0.255 e. The topological polar surface area (TPSA) is 100 Å². The Bertz CT molecular complexity index is 893. The van der Waals surface area contributed by atoms with E-state index in [1.807, 2.05) is 24.3 Å². The highest BCUT2D eigenvalue weighted by Gasteiger charge is 2.12. The van der Waals surface area contributed by atoms with Crippen LogP contribution in [-0.2, 0) is 6.54 Å². The summed E-state index contributed by atoms with van der Waals surface area (Å²) in [7, 11) is 1.60. The molecule has 0 aliphatic carbocycles. The van der Waals surface area contributed by atoms with E-state index in [1.54, 1.807) is 13.2 Å². The highest BCUT2D eigenvalue weighted by molar-refractivity contribution is 9.10. The van der Waals surface area contributed by atoms with Gasteiger partial charge in [0.1, 0.15) is 17.3 Å². The first-order chi connectivity index (χ1) is 12.1. The van der Waals surface area contributed by atoms with Crippen molar-refractivity contribution in [3.63, 3.8) is 0 Å². The second-order valence-electron chi connectivity index (χ2n) is 5.18. The summed E-state index contributed by atoms with van der Waals surface area (Å²) in [6.45, 7) is 0.164. The Balaban J connectivity index is 1.66. The summed E-state index contributed by atoms with van der Waals surface area (Å²) in [6.07, 6.45) is 0. The van der Waals surface area contributed by atoms with Crippen molar-refractivity contribution in [3.8, 4) is 22.9 Å². The first-order valence-electron chi connectivity index (χ1n) is 7.39. The molecule has 0 saturated carbocycles. The number of benzene rings is 2. The van der Waals surface area contributed by atoms with Crippen molar-refractivity contribution < 1.29 is 14.6 Å². The minimum Gasteiger partial charge on any atom is -0.507 e. The lowest BCUT2D eigenvalue weighted by Crippen LogP contribution is -2.23. The number of hydrogen-bond donors (Lipinski definition) is 3. The van der Waals surface area contributed by atoms with Crippen LogP contribution in [0.3, 0.4) is 0 Å². The predicted molar refractivity (Wildman–Crippen MR) is 95.3 cm³/mol. The maximum absolute atomic E-state index is 12.1. The van der Waals surface area contributed by atoms with Gasteiger partial charge in [0.25, 0.3) is 5.91 Å². The number of hydrogen-bond acceptors (Lipinski definition) is 5. The Labute approximate surface area is 152 Å². The third-order valence-electron chi connectivity index (χ3n) is 3.50. The Kier molecular flexibility index (Phi) is 4.99. The van der Waals surface area contributed by atoms with Gasteiger partial charge < -0.3 is 15.2 Å². The molecule has 0 radical (unpaired) electrons. The van der Waals surface area contributed by atoms with Crippen molar-refractivity contribution in [2.75, 3.05) is 7.11 Å². The van der Waals surface area contributed by atoms with Gasteiger partial charge in [-0.05, 0) is 42.5 Å². The Hall–Kier alpha value is -2.87. The van der Waals surface area contributed by atoms with Crippen LogP contribution in [0.25, 0.3) is 11.4 Å². The van der Waals surface area contributed by atoms with E-state index in [4.69, 9.17) is 4.74 Å². The molecule has 8 heteroatoms. The maximum atomic E-state index is 12.1. The Morgan fingerprint density at radius 3 is 2.72 bits per heavy atom. The van der Waals surface area contributed by atoms with E-state index in [-0.39, 0.29) is 17.9 Å². The van der Waals surface area contributed by atoms with Gasteiger partial charge in [0, 0.05) is 10.0 Å². The molecule has 3 rings (SSSR count). The minimum atomic E-state index is -0.396. The van der Waals surface area contributed by atoms with Gasteiger partial charge in [0.2, 0.25) is 0 Å². The zero-order valence-corrected chi connectivity index (χ0v) is 14.9. The van der Waals surface area contributed by atoms with Crippen molar-refractivity contribution >= 4 is 21.8 Å². The molecule has 1 aromatic heterocycles. The molecule has 128 valence electrons. The molecule has 3 N–H and O–H groups in total. The number of amides is 1. The number of aromatic hydroxyl groups is 1. The van der Waals surface area contributed by atoms with Gasteiger partial charge in [0.05, 0.1) is 19.2 Å². The lowest BCUT2D eigenvalue weighted by Gasteiger charge is -2.05. The van der Waals surface area contributed by atoms with Gasteiger partial charge in [0.15, 0.2) is 5.82 Å². The van der Waals surface area contributed by atoms with Crippen LogP contribution in [0.4, 0.5) is 0 Å². The van der Waals surface area contributed by atoms with Gasteiger partial charge in [-0.25, -0.2) is 4.98 Å². The van der Waals surface area contributed by atoms with Gasteiger partial charge in [-0.15, -0.1) is 0 Å². The third kappa shape index (κ3) is 3.97. The van der Waals surface area contributed by atoms with Crippen LogP contribution in [0.2, 0.25) is 0 Å². The van der Waals surface area contributed by atoms with Crippen molar-refractivity contribution in [1.82, 2.24) is 20.5 Å². The molecular weight excluding hydrogens is 388 g/mol. The van der Waals surface area contributed by atoms with E-state index in [2.05, 4.69) is 36.4 Å². The lowest BCUT2D eigenvalue weighted by atomic mass is 10.2. The molecule has 0 aliphatic rings. The van der Waals surface area contributed by atoms with E-state index in [0.29, 0.717) is 16.1 Å². The molecular formula is C17H15BrN4O3. The molecule has 2 aromatic carbocycles. The van der Waals surface area contributed by atoms with Gasteiger partial charge in [-0.2, -0.15) is 5.10 Å². The Morgan fingerprint density at radius 2 is 2.04 bits per heavy atom. The number of halogens is 1. The summed E-state index contributed by atoms with van der Waals surface area (Å²) in [4.78, 5) is 16.5. The number of methoxy groups -OCH3 is 1. The molecule has 1 heterocycles. The second-order valence-corrected chi connectivity index (χ2v) is 6.09. The zero-order valence-electron chi connectivity index (χ0n) is 13.3. The van der Waals surface area contributed by atoms with E-state index < -0.39 is 5.91 Å². The molecule has 7 nitrogen and oxygen atoms in total. The molecule has 0 saturated heterocycles. The monoisotopic (exact) mass is 402 g/mol. The second kappa shape index (κ2) is 7.35. The van der Waals surface area contributed by atoms with Crippen molar-refractivity contribution in [2.45, 2.75) is 6.54 Å². The third-order valence-corrected chi connectivity index (χ3v) is 3.99. The minimum absolute atomic E-state index is 0.0941. The van der Waals surface area contributed by atoms with Gasteiger partial charge in [-0.3, -0.25) is 9.89 Å². The smallest absolute Gasteiger partial charge is 0.255 e. The fourth-order valence-electron chi connectivity index (χ4n) is 2.20. The Morgan fingerprint density at radius 1 is 1.28 bits per heavy atom. The first-order valence-corrected chi connectivity index (χ1v) is 8.18. The molecule has 25 heavy (non-hydrogen) atoms. The van der Waals surface area contributed by atoms with Crippen LogP contribution < -0.4 is 10.1 Å². The number of phenols is 1. The lowest BCUT2D eigenvalue weighted by molar-refractivity contribution is 0.0947. The van der Waals surface area contributed by atoms with Crippen LogP contribution in [0.15, 0.2) is 46.9 Å². The highest BCUT2D eigenvalue weighted by atomic mass is 79.9. The number of nitrogens with zero attached hydrogens (tertiary/aromatic N) is 2. The van der Waals surface area contributed by atoms with E-state index >= 15 is 0 Å². The molecule has 3 aromatic rings. The number of phenolic OH excluding ortho intramolecular Hbond substituents is 1. The summed E-state index contributed by atoms with van der Waals surface area (Å²) < 4.78 is 5.81. The predicted octanol–water partition coefficient (Wildman–Crippen LogP) is 2.88. The van der Waals surface area contributed by atoms with Gasteiger partial charge >= 0.3 is 0 Å². The summed E-state index contributed by atoms with van der Waals surface area (Å²) in [5.74, 6) is 1.30.